The maximum atomic E-state index is 13.7. The number of hydrogen-bond donors (Lipinski definition) is 0. The molecule has 3 nitrogen and oxygen atoms in total. The molecule has 0 bridgehead atoms. The van der Waals surface area contributed by atoms with Gasteiger partial charge in [-0.1, -0.05) is 83.7 Å². The van der Waals surface area contributed by atoms with Gasteiger partial charge in [0.2, 0.25) is 0 Å². The van der Waals surface area contributed by atoms with Crippen molar-refractivity contribution in [1.82, 2.24) is 0 Å². The van der Waals surface area contributed by atoms with Crippen molar-refractivity contribution in [2.24, 2.45) is 46.3 Å². The van der Waals surface area contributed by atoms with E-state index in [9.17, 15) is 9.59 Å². The maximum absolute atomic E-state index is 13.7. The van der Waals surface area contributed by atoms with E-state index in [1.165, 1.54) is 31.3 Å². The average molecular weight is 505 g/mol. The van der Waals surface area contributed by atoms with Crippen LogP contribution in [0.25, 0.3) is 0 Å². The molecular formula is C34H48O3. The van der Waals surface area contributed by atoms with Crippen LogP contribution in [0, 0.1) is 46.3 Å². The summed E-state index contributed by atoms with van der Waals surface area (Å²) in [5.74, 6) is 3.04. The van der Waals surface area contributed by atoms with Crippen molar-refractivity contribution in [3.8, 4) is 0 Å². The molecule has 0 aliphatic heterocycles. The lowest BCUT2D eigenvalue weighted by molar-refractivity contribution is -0.126. The maximum Gasteiger partial charge on any atom is 0.338 e. The van der Waals surface area contributed by atoms with Crippen LogP contribution in [-0.2, 0) is 9.53 Å². The number of allylic oxidation sites excluding steroid dienone is 2. The van der Waals surface area contributed by atoms with Crippen LogP contribution in [0.5, 0.6) is 0 Å². The van der Waals surface area contributed by atoms with Gasteiger partial charge in [0.15, 0.2) is 0 Å². The molecule has 3 heteroatoms. The molecular weight excluding hydrogens is 456 g/mol. The second-order valence-electron chi connectivity index (χ2n) is 13.8. The molecule has 0 heterocycles. The van der Waals surface area contributed by atoms with E-state index in [2.05, 4.69) is 40.7 Å². The second kappa shape index (κ2) is 10.3. The number of hydrogen-bond acceptors (Lipinski definition) is 3. The van der Waals surface area contributed by atoms with Crippen molar-refractivity contribution in [3.05, 3.63) is 47.5 Å². The van der Waals surface area contributed by atoms with Gasteiger partial charge in [0.25, 0.3) is 0 Å². The molecule has 4 aliphatic rings. The highest BCUT2D eigenvalue weighted by Crippen LogP contribution is 2.66. The minimum Gasteiger partial charge on any atom is -0.458 e. The molecule has 0 aromatic heterocycles. The standard InChI is InChI=1S/C34H48O3/c1-22(2)11-9-12-23(3)28-21-29(35)31-26-18-17-25-15-10-16-30(37-32(36)24-13-7-6-8-14-24)34(25,5)27(26)19-20-33(28,31)4/h6-8,13-14,18,22-23,25,27-28,30-31H,9-12,15-17,19-21H2,1-5H3/t23-,25?,27+,28-,30?,31-,33-,34+/m1/s1. The van der Waals surface area contributed by atoms with Gasteiger partial charge in [-0.2, -0.15) is 0 Å². The number of Topliss-reactive ketones (excluding diaryl/α,β-unsaturated/α-hetero) is 1. The molecule has 1 aromatic carbocycles. The van der Waals surface area contributed by atoms with Crippen molar-refractivity contribution in [2.45, 2.75) is 105 Å². The van der Waals surface area contributed by atoms with Crippen molar-refractivity contribution >= 4 is 11.8 Å². The van der Waals surface area contributed by atoms with Gasteiger partial charge in [-0.15, -0.1) is 0 Å². The van der Waals surface area contributed by atoms with E-state index in [1.807, 2.05) is 30.3 Å². The van der Waals surface area contributed by atoms with Gasteiger partial charge >= 0.3 is 5.97 Å². The van der Waals surface area contributed by atoms with Crippen molar-refractivity contribution in [1.29, 1.82) is 0 Å². The predicted molar refractivity (Wildman–Crippen MR) is 149 cm³/mol. The molecule has 5 rings (SSSR count). The summed E-state index contributed by atoms with van der Waals surface area (Å²) in [7, 11) is 0. The molecule has 0 amide bonds. The number of fused-ring (bicyclic) bond motifs is 5. The third-order valence-corrected chi connectivity index (χ3v) is 11.3. The minimum atomic E-state index is -0.198. The topological polar surface area (TPSA) is 43.4 Å². The highest BCUT2D eigenvalue weighted by atomic mass is 16.5. The van der Waals surface area contributed by atoms with E-state index in [0.717, 1.165) is 44.4 Å². The molecule has 3 saturated carbocycles. The summed E-state index contributed by atoms with van der Waals surface area (Å²) in [4.78, 5) is 26.9. The van der Waals surface area contributed by atoms with E-state index < -0.39 is 0 Å². The lowest BCUT2D eigenvalue weighted by atomic mass is 9.47. The third-order valence-electron chi connectivity index (χ3n) is 11.3. The molecule has 0 saturated heterocycles. The fraction of sp³-hybridized carbons (Fsp3) is 0.706. The van der Waals surface area contributed by atoms with Crippen LogP contribution < -0.4 is 0 Å². The Balaban J connectivity index is 1.39. The van der Waals surface area contributed by atoms with E-state index >= 15 is 0 Å². The molecule has 37 heavy (non-hydrogen) atoms. The summed E-state index contributed by atoms with van der Waals surface area (Å²) >= 11 is 0. The Bertz CT molecular complexity index is 1020. The van der Waals surface area contributed by atoms with Crippen molar-refractivity contribution in [3.63, 3.8) is 0 Å². The molecule has 0 spiro atoms. The second-order valence-corrected chi connectivity index (χ2v) is 13.8. The number of carbonyl (C=O) groups is 2. The third kappa shape index (κ3) is 4.63. The fourth-order valence-corrected chi connectivity index (χ4v) is 9.25. The number of benzene rings is 1. The Morgan fingerprint density at radius 3 is 2.54 bits per heavy atom. The summed E-state index contributed by atoms with van der Waals surface area (Å²) in [5.41, 5.74) is 2.04. The quantitative estimate of drug-likeness (QED) is 0.276. The van der Waals surface area contributed by atoms with Crippen LogP contribution in [0.2, 0.25) is 0 Å². The van der Waals surface area contributed by atoms with Gasteiger partial charge in [0, 0.05) is 17.8 Å². The first kappa shape index (κ1) is 26.7. The van der Waals surface area contributed by atoms with Gasteiger partial charge in [0.05, 0.1) is 5.56 Å². The number of esters is 1. The zero-order valence-electron chi connectivity index (χ0n) is 23.8. The monoisotopic (exact) mass is 504 g/mol. The Labute approximate surface area is 224 Å². The van der Waals surface area contributed by atoms with Crippen LogP contribution in [0.15, 0.2) is 42.0 Å². The van der Waals surface area contributed by atoms with Crippen molar-refractivity contribution < 1.29 is 14.3 Å². The molecule has 0 N–H and O–H groups in total. The van der Waals surface area contributed by atoms with Crippen molar-refractivity contribution in [2.75, 3.05) is 0 Å². The average Bonchev–Trinajstić information content (AvgIpc) is 3.15. The van der Waals surface area contributed by atoms with E-state index in [-0.39, 0.29) is 28.8 Å². The number of rotatable bonds is 7. The Kier molecular flexibility index (Phi) is 7.46. The zero-order valence-corrected chi connectivity index (χ0v) is 23.8. The van der Waals surface area contributed by atoms with Crippen LogP contribution in [0.3, 0.4) is 0 Å². The van der Waals surface area contributed by atoms with E-state index in [0.29, 0.717) is 35.0 Å². The van der Waals surface area contributed by atoms with Gasteiger partial charge < -0.3 is 4.74 Å². The Hall–Kier alpha value is -1.90. The first-order valence-electron chi connectivity index (χ1n) is 15.1. The van der Waals surface area contributed by atoms with Gasteiger partial charge in [-0.25, -0.2) is 4.79 Å². The summed E-state index contributed by atoms with van der Waals surface area (Å²) in [6, 6.07) is 9.43. The highest BCUT2D eigenvalue weighted by Gasteiger charge is 2.62. The summed E-state index contributed by atoms with van der Waals surface area (Å²) in [5, 5.41) is 0. The molecule has 202 valence electrons. The molecule has 1 aromatic rings. The first-order valence-corrected chi connectivity index (χ1v) is 15.1. The normalized spacial score (nSPS) is 37.8. The van der Waals surface area contributed by atoms with Gasteiger partial charge in [-0.05, 0) is 85.7 Å². The van der Waals surface area contributed by atoms with Crippen LogP contribution in [-0.4, -0.2) is 17.9 Å². The summed E-state index contributed by atoms with van der Waals surface area (Å²) < 4.78 is 6.33. The summed E-state index contributed by atoms with van der Waals surface area (Å²) in [6.45, 7) is 11.9. The SMILES string of the molecule is CC(C)CCC[C@@H](C)[C@H]1CC(=O)[C@H]2C3=CCC4CCCC(OC(=O)c5ccccc5)[C@]4(C)[C@H]3CC[C@@]21C. The molecule has 2 unspecified atom stereocenters. The highest BCUT2D eigenvalue weighted by molar-refractivity contribution is 5.89. The number of ketones is 1. The molecule has 0 radical (unpaired) electrons. The fourth-order valence-electron chi connectivity index (χ4n) is 9.25. The van der Waals surface area contributed by atoms with E-state index in [4.69, 9.17) is 4.74 Å². The molecule has 8 atom stereocenters. The van der Waals surface area contributed by atoms with Crippen LogP contribution in [0.1, 0.15) is 109 Å². The smallest absolute Gasteiger partial charge is 0.338 e. The zero-order chi connectivity index (χ0) is 26.4. The largest absolute Gasteiger partial charge is 0.458 e. The lowest BCUT2D eigenvalue weighted by Gasteiger charge is -2.58. The van der Waals surface area contributed by atoms with E-state index in [1.54, 1.807) is 0 Å². The molecule has 4 aliphatic carbocycles. The summed E-state index contributed by atoms with van der Waals surface area (Å²) in [6.07, 6.45) is 13.4. The molecule has 3 fully saturated rings. The van der Waals surface area contributed by atoms with Crippen LogP contribution >= 0.6 is 0 Å². The number of carbonyl (C=O) groups excluding carboxylic acids is 2. The van der Waals surface area contributed by atoms with Gasteiger partial charge in [-0.3, -0.25) is 4.79 Å². The Morgan fingerprint density at radius 2 is 1.81 bits per heavy atom. The van der Waals surface area contributed by atoms with Gasteiger partial charge in [0.1, 0.15) is 11.9 Å². The van der Waals surface area contributed by atoms with Crippen LogP contribution in [0.4, 0.5) is 0 Å². The Morgan fingerprint density at radius 1 is 1.05 bits per heavy atom. The number of ether oxygens (including phenoxy) is 1. The predicted octanol–water partition coefficient (Wildman–Crippen LogP) is 8.43. The first-order chi connectivity index (χ1) is 17.7. The lowest BCUT2D eigenvalue weighted by Crippen LogP contribution is -2.55. The minimum absolute atomic E-state index is 0.0639.